The third-order valence-electron chi connectivity index (χ3n) is 3.66. The van der Waals surface area contributed by atoms with Crippen LogP contribution in [-0.4, -0.2) is 12.5 Å². The van der Waals surface area contributed by atoms with Gasteiger partial charge in [0.15, 0.2) is 11.2 Å². The van der Waals surface area contributed by atoms with Crippen molar-refractivity contribution in [2.24, 2.45) is 0 Å². The van der Waals surface area contributed by atoms with Gasteiger partial charge in [-0.2, -0.15) is 0 Å². The molecule has 0 bridgehead atoms. The summed E-state index contributed by atoms with van der Waals surface area (Å²) in [5.74, 6) is 0.147. The van der Waals surface area contributed by atoms with Crippen molar-refractivity contribution in [1.29, 1.82) is 0 Å². The van der Waals surface area contributed by atoms with Crippen LogP contribution in [0, 0.1) is 6.92 Å². The fourth-order valence-corrected chi connectivity index (χ4v) is 2.55. The third-order valence-corrected chi connectivity index (χ3v) is 4.06. The molecule has 0 saturated heterocycles. The van der Waals surface area contributed by atoms with Crippen molar-refractivity contribution in [2.75, 3.05) is 11.9 Å². The Morgan fingerprint density at radius 2 is 1.92 bits per heavy atom. The summed E-state index contributed by atoms with van der Waals surface area (Å²) in [7, 11) is 0. The lowest BCUT2D eigenvalue weighted by Gasteiger charge is -2.08. The van der Waals surface area contributed by atoms with Gasteiger partial charge in [-0.3, -0.25) is 9.59 Å². The Morgan fingerprint density at radius 3 is 2.60 bits per heavy atom. The van der Waals surface area contributed by atoms with Crippen molar-refractivity contribution in [2.45, 2.75) is 13.8 Å². The van der Waals surface area contributed by atoms with Crippen molar-refractivity contribution in [3.05, 3.63) is 69.0 Å². The second-order valence-corrected chi connectivity index (χ2v) is 5.89. The van der Waals surface area contributed by atoms with E-state index in [9.17, 15) is 9.59 Å². The lowest BCUT2D eigenvalue weighted by Crippen LogP contribution is -2.15. The zero-order valence-electron chi connectivity index (χ0n) is 13.8. The fraction of sp³-hybridized carbons (Fsp3) is 0.158. The monoisotopic (exact) mass is 357 g/mol. The molecule has 3 aromatic rings. The van der Waals surface area contributed by atoms with Crippen LogP contribution in [0.2, 0.25) is 5.02 Å². The van der Waals surface area contributed by atoms with Crippen LogP contribution in [0.25, 0.3) is 11.0 Å². The van der Waals surface area contributed by atoms with E-state index in [1.54, 1.807) is 43.3 Å². The lowest BCUT2D eigenvalue weighted by molar-refractivity contribution is 0.0997. The SMILES string of the molecule is CCOc1ccc(NC(=O)c2cc(=O)c3cc(Cl)c(C)cc3o2)cc1. The van der Waals surface area contributed by atoms with Crippen LogP contribution in [0.4, 0.5) is 5.69 Å². The van der Waals surface area contributed by atoms with Crippen molar-refractivity contribution in [3.63, 3.8) is 0 Å². The molecule has 0 atom stereocenters. The van der Waals surface area contributed by atoms with Crippen LogP contribution < -0.4 is 15.5 Å². The third kappa shape index (κ3) is 3.67. The van der Waals surface area contributed by atoms with Crippen LogP contribution >= 0.6 is 11.6 Å². The summed E-state index contributed by atoms with van der Waals surface area (Å²) in [6.45, 7) is 4.26. The van der Waals surface area contributed by atoms with Gasteiger partial charge < -0.3 is 14.5 Å². The van der Waals surface area contributed by atoms with Gasteiger partial charge in [0, 0.05) is 16.8 Å². The molecule has 0 saturated carbocycles. The first-order valence-corrected chi connectivity index (χ1v) is 8.14. The minimum atomic E-state index is -0.504. The Balaban J connectivity index is 1.89. The number of hydrogen-bond acceptors (Lipinski definition) is 4. The summed E-state index contributed by atoms with van der Waals surface area (Å²) < 4.78 is 10.9. The molecular formula is C19H16ClNO4. The van der Waals surface area contributed by atoms with E-state index in [0.717, 1.165) is 11.6 Å². The van der Waals surface area contributed by atoms with E-state index in [1.807, 2.05) is 6.92 Å². The highest BCUT2D eigenvalue weighted by molar-refractivity contribution is 6.32. The number of ether oxygens (including phenoxy) is 1. The van der Waals surface area contributed by atoms with Crippen molar-refractivity contribution < 1.29 is 13.9 Å². The number of halogens is 1. The maximum absolute atomic E-state index is 12.4. The molecule has 0 aliphatic rings. The predicted molar refractivity (Wildman–Crippen MR) is 97.8 cm³/mol. The average molecular weight is 358 g/mol. The first kappa shape index (κ1) is 17.0. The van der Waals surface area contributed by atoms with Gasteiger partial charge in [-0.15, -0.1) is 0 Å². The van der Waals surface area contributed by atoms with E-state index in [2.05, 4.69) is 5.32 Å². The number of aryl methyl sites for hydroxylation is 1. The Labute approximate surface area is 149 Å². The zero-order valence-corrected chi connectivity index (χ0v) is 14.5. The van der Waals surface area contributed by atoms with Crippen LogP contribution in [0.1, 0.15) is 23.0 Å². The second kappa shape index (κ2) is 6.99. The number of amides is 1. The van der Waals surface area contributed by atoms with E-state index in [-0.39, 0.29) is 11.2 Å². The standard InChI is InChI=1S/C19H16ClNO4/c1-3-24-13-6-4-12(5-7-13)21-19(23)18-10-16(22)14-9-15(20)11(2)8-17(14)25-18/h4-10H,3H2,1-2H3,(H,21,23). The Morgan fingerprint density at radius 1 is 1.20 bits per heavy atom. The molecule has 0 aliphatic carbocycles. The maximum atomic E-state index is 12.4. The Bertz CT molecular complexity index is 993. The molecule has 2 aromatic carbocycles. The maximum Gasteiger partial charge on any atom is 0.291 e. The van der Waals surface area contributed by atoms with Gasteiger partial charge in [-0.1, -0.05) is 11.6 Å². The molecule has 0 aliphatic heterocycles. The molecule has 1 amide bonds. The topological polar surface area (TPSA) is 68.5 Å². The minimum absolute atomic E-state index is 0.0619. The Kier molecular flexibility index (Phi) is 4.76. The second-order valence-electron chi connectivity index (χ2n) is 5.48. The number of benzene rings is 2. The van der Waals surface area contributed by atoms with Crippen LogP contribution in [0.15, 0.2) is 51.7 Å². The number of anilines is 1. The van der Waals surface area contributed by atoms with Crippen LogP contribution in [-0.2, 0) is 0 Å². The van der Waals surface area contributed by atoms with Crippen LogP contribution in [0.5, 0.6) is 5.75 Å². The number of nitrogens with one attached hydrogen (secondary N) is 1. The quantitative estimate of drug-likeness (QED) is 0.751. The molecule has 3 rings (SSSR count). The number of fused-ring (bicyclic) bond motifs is 1. The number of carbonyl (C=O) groups is 1. The molecular weight excluding hydrogens is 342 g/mol. The first-order valence-electron chi connectivity index (χ1n) is 7.76. The van der Waals surface area contributed by atoms with E-state index < -0.39 is 5.91 Å². The number of hydrogen-bond donors (Lipinski definition) is 1. The fourth-order valence-electron chi connectivity index (χ4n) is 2.38. The van der Waals surface area contributed by atoms with E-state index >= 15 is 0 Å². The Hall–Kier alpha value is -2.79. The molecule has 6 heteroatoms. The largest absolute Gasteiger partial charge is 0.494 e. The molecule has 0 radical (unpaired) electrons. The predicted octanol–water partition coefficient (Wildman–Crippen LogP) is 4.41. The van der Waals surface area contributed by atoms with E-state index in [1.165, 1.54) is 0 Å². The molecule has 1 heterocycles. The van der Waals surface area contributed by atoms with E-state index in [4.69, 9.17) is 20.8 Å². The van der Waals surface area contributed by atoms with Gasteiger partial charge >= 0.3 is 0 Å². The average Bonchev–Trinajstić information content (AvgIpc) is 2.58. The van der Waals surface area contributed by atoms with Crippen molar-refractivity contribution in [1.82, 2.24) is 0 Å². The summed E-state index contributed by atoms with van der Waals surface area (Å²) >= 11 is 6.03. The van der Waals surface area contributed by atoms with Gasteiger partial charge in [-0.25, -0.2) is 0 Å². The summed E-state index contributed by atoms with van der Waals surface area (Å²) in [5, 5.41) is 3.51. The van der Waals surface area contributed by atoms with E-state index in [0.29, 0.717) is 34.0 Å². The molecule has 5 nitrogen and oxygen atoms in total. The summed E-state index contributed by atoms with van der Waals surface area (Å²) in [4.78, 5) is 24.6. The molecule has 1 N–H and O–H groups in total. The van der Waals surface area contributed by atoms with Gasteiger partial charge in [0.2, 0.25) is 0 Å². The molecule has 0 unspecified atom stereocenters. The summed E-state index contributed by atoms with van der Waals surface area (Å²) in [5.41, 5.74) is 1.34. The summed E-state index contributed by atoms with van der Waals surface area (Å²) in [6, 6.07) is 11.3. The molecule has 0 spiro atoms. The van der Waals surface area contributed by atoms with Gasteiger partial charge in [0.1, 0.15) is 11.3 Å². The first-order chi connectivity index (χ1) is 12.0. The van der Waals surface area contributed by atoms with Crippen molar-refractivity contribution >= 4 is 34.2 Å². The molecule has 0 fully saturated rings. The van der Waals surface area contributed by atoms with Crippen LogP contribution in [0.3, 0.4) is 0 Å². The number of carbonyl (C=O) groups excluding carboxylic acids is 1. The number of rotatable bonds is 4. The highest BCUT2D eigenvalue weighted by Gasteiger charge is 2.14. The van der Waals surface area contributed by atoms with Crippen molar-refractivity contribution in [3.8, 4) is 5.75 Å². The summed E-state index contributed by atoms with van der Waals surface area (Å²) in [6.07, 6.45) is 0. The lowest BCUT2D eigenvalue weighted by atomic mass is 10.1. The molecule has 25 heavy (non-hydrogen) atoms. The normalized spacial score (nSPS) is 10.7. The smallest absolute Gasteiger partial charge is 0.291 e. The van der Waals surface area contributed by atoms with Gasteiger partial charge in [-0.05, 0) is 55.8 Å². The highest BCUT2D eigenvalue weighted by Crippen LogP contribution is 2.23. The van der Waals surface area contributed by atoms with Gasteiger partial charge in [0.25, 0.3) is 5.91 Å². The molecule has 128 valence electrons. The molecule has 1 aromatic heterocycles. The highest BCUT2D eigenvalue weighted by atomic mass is 35.5. The zero-order chi connectivity index (χ0) is 18.0. The van der Waals surface area contributed by atoms with Gasteiger partial charge in [0.05, 0.1) is 12.0 Å². The minimum Gasteiger partial charge on any atom is -0.494 e.